The monoisotopic (exact) mass is 494 g/mol. The highest BCUT2D eigenvalue weighted by molar-refractivity contribution is 6.00. The number of hydrogen-bond donors (Lipinski definition) is 0. The molecule has 4 rings (SSSR count). The summed E-state index contributed by atoms with van der Waals surface area (Å²) >= 11 is 0. The number of rotatable bonds is 4. The Kier molecular flexibility index (Phi) is 7.06. The van der Waals surface area contributed by atoms with E-state index < -0.39 is 5.60 Å². The molecular weight excluding hydrogens is 463 g/mol. The molecule has 0 bridgehead atoms. The van der Waals surface area contributed by atoms with Crippen LogP contribution in [0.2, 0.25) is 0 Å². The minimum absolute atomic E-state index is 0.135. The number of ether oxygens (including phenoxy) is 2. The average Bonchev–Trinajstić information content (AvgIpc) is 3.25. The number of furan rings is 1. The Balaban J connectivity index is 1.54. The minimum Gasteiger partial charge on any atom is -0.496 e. The van der Waals surface area contributed by atoms with Gasteiger partial charge < -0.3 is 23.7 Å². The molecule has 36 heavy (non-hydrogen) atoms. The molecular formula is C28H31FN2O5. The summed E-state index contributed by atoms with van der Waals surface area (Å²) in [5.41, 5.74) is 3.22. The number of methoxy groups -OCH3 is 1. The predicted octanol–water partition coefficient (Wildman–Crippen LogP) is 5.73. The quantitative estimate of drug-likeness (QED) is 0.433. The molecule has 0 N–H and O–H groups in total. The van der Waals surface area contributed by atoms with Crippen LogP contribution in [0.25, 0.3) is 27.7 Å². The summed E-state index contributed by atoms with van der Waals surface area (Å²) in [7, 11) is 1.57. The Morgan fingerprint density at radius 3 is 2.28 bits per heavy atom. The van der Waals surface area contributed by atoms with E-state index in [2.05, 4.69) is 0 Å². The van der Waals surface area contributed by atoms with E-state index in [4.69, 9.17) is 13.9 Å². The van der Waals surface area contributed by atoms with E-state index in [1.165, 1.54) is 12.1 Å². The molecule has 1 saturated heterocycles. The van der Waals surface area contributed by atoms with Gasteiger partial charge in [0.15, 0.2) is 0 Å². The van der Waals surface area contributed by atoms with E-state index >= 15 is 0 Å². The third-order valence-corrected chi connectivity index (χ3v) is 6.06. The summed E-state index contributed by atoms with van der Waals surface area (Å²) in [5, 5.41) is 0.837. The lowest BCUT2D eigenvalue weighted by atomic mass is 9.99. The van der Waals surface area contributed by atoms with Crippen molar-refractivity contribution < 1.29 is 27.9 Å². The first-order valence-electron chi connectivity index (χ1n) is 11.9. The molecule has 7 nitrogen and oxygen atoms in total. The number of benzene rings is 2. The molecule has 0 spiro atoms. The summed E-state index contributed by atoms with van der Waals surface area (Å²) in [5.74, 6) is 0.140. The molecule has 0 aliphatic carbocycles. The van der Waals surface area contributed by atoms with Gasteiger partial charge in [-0.3, -0.25) is 4.79 Å². The third kappa shape index (κ3) is 5.53. The number of nitrogens with zero attached hydrogens (tertiary/aromatic N) is 2. The van der Waals surface area contributed by atoms with Crippen molar-refractivity contribution in [2.75, 3.05) is 33.3 Å². The number of carbonyl (C=O) groups excluding carboxylic acids is 2. The van der Waals surface area contributed by atoms with Crippen molar-refractivity contribution in [2.45, 2.75) is 33.3 Å². The zero-order valence-corrected chi connectivity index (χ0v) is 21.3. The lowest BCUT2D eigenvalue weighted by molar-refractivity contribution is -0.127. The first-order valence-corrected chi connectivity index (χ1v) is 11.9. The van der Waals surface area contributed by atoms with Gasteiger partial charge in [-0.25, -0.2) is 9.18 Å². The van der Waals surface area contributed by atoms with Crippen molar-refractivity contribution in [3.05, 3.63) is 60.1 Å². The molecule has 2 amide bonds. The maximum atomic E-state index is 13.4. The molecule has 0 atom stereocenters. The van der Waals surface area contributed by atoms with Gasteiger partial charge in [0.1, 0.15) is 22.8 Å². The lowest BCUT2D eigenvalue weighted by Gasteiger charge is -2.35. The molecule has 1 fully saturated rings. The standard InChI is InChI=1S/C28H31FN2O5/c1-18(14-26(32)30-10-12-31(13-11-30)27(33)36-28(2,3)4)21-15-22-23(19-6-8-20(29)9-7-19)17-35-25(22)16-24(21)34-5/h6-9,14-17H,10-13H2,1-5H3/b18-14+. The molecule has 2 heterocycles. The fourth-order valence-corrected chi connectivity index (χ4v) is 4.18. The highest BCUT2D eigenvalue weighted by Crippen LogP contribution is 2.37. The van der Waals surface area contributed by atoms with Gasteiger partial charge in [-0.05, 0) is 57.0 Å². The molecule has 2 aromatic carbocycles. The Morgan fingerprint density at radius 1 is 1.03 bits per heavy atom. The van der Waals surface area contributed by atoms with E-state index in [0.29, 0.717) is 37.5 Å². The maximum Gasteiger partial charge on any atom is 0.410 e. The fraction of sp³-hybridized carbons (Fsp3) is 0.357. The third-order valence-electron chi connectivity index (χ3n) is 6.06. The summed E-state index contributed by atoms with van der Waals surface area (Å²) in [6.07, 6.45) is 2.86. The molecule has 0 unspecified atom stereocenters. The molecule has 0 radical (unpaired) electrons. The number of carbonyl (C=O) groups is 2. The van der Waals surface area contributed by atoms with Crippen molar-refractivity contribution in [3.8, 4) is 16.9 Å². The second-order valence-corrected chi connectivity index (χ2v) is 9.82. The first-order chi connectivity index (χ1) is 17.1. The first kappa shape index (κ1) is 25.3. The SMILES string of the molecule is COc1cc2occ(-c3ccc(F)cc3)c2cc1/C(C)=C/C(=O)N1CCN(C(=O)OC(C)(C)C)CC1. The molecule has 3 aromatic rings. The van der Waals surface area contributed by atoms with Crippen LogP contribution in [0.5, 0.6) is 5.75 Å². The van der Waals surface area contributed by atoms with Crippen LogP contribution in [0.1, 0.15) is 33.3 Å². The van der Waals surface area contributed by atoms with Crippen LogP contribution in [0.4, 0.5) is 9.18 Å². The Labute approximate surface area is 210 Å². The average molecular weight is 495 g/mol. The van der Waals surface area contributed by atoms with Crippen LogP contribution in [0.3, 0.4) is 0 Å². The van der Waals surface area contributed by atoms with Crippen molar-refractivity contribution in [2.24, 2.45) is 0 Å². The number of allylic oxidation sites excluding steroid dienone is 1. The Hall–Kier alpha value is -3.81. The number of halogens is 1. The van der Waals surface area contributed by atoms with Gasteiger partial charge in [-0.1, -0.05) is 12.1 Å². The van der Waals surface area contributed by atoms with Crippen LogP contribution >= 0.6 is 0 Å². The Bertz CT molecular complexity index is 1300. The van der Waals surface area contributed by atoms with Crippen LogP contribution in [-0.4, -0.2) is 60.7 Å². The van der Waals surface area contributed by atoms with Gasteiger partial charge >= 0.3 is 6.09 Å². The van der Waals surface area contributed by atoms with Crippen LogP contribution in [0, 0.1) is 5.82 Å². The van der Waals surface area contributed by atoms with Crippen molar-refractivity contribution >= 4 is 28.5 Å². The fourth-order valence-electron chi connectivity index (χ4n) is 4.18. The van der Waals surface area contributed by atoms with Crippen LogP contribution < -0.4 is 4.74 Å². The molecule has 0 saturated carbocycles. The predicted molar refractivity (Wildman–Crippen MR) is 136 cm³/mol. The van der Waals surface area contributed by atoms with E-state index in [0.717, 1.165) is 27.6 Å². The molecule has 190 valence electrons. The van der Waals surface area contributed by atoms with Crippen LogP contribution in [-0.2, 0) is 9.53 Å². The molecule has 1 aromatic heterocycles. The van der Waals surface area contributed by atoms with E-state index in [9.17, 15) is 14.0 Å². The van der Waals surface area contributed by atoms with Gasteiger partial charge in [0, 0.05) is 54.8 Å². The van der Waals surface area contributed by atoms with Gasteiger partial charge in [0.2, 0.25) is 5.91 Å². The zero-order chi connectivity index (χ0) is 26.0. The minimum atomic E-state index is -0.560. The summed E-state index contributed by atoms with van der Waals surface area (Å²) in [6.45, 7) is 9.03. The number of fused-ring (bicyclic) bond motifs is 1. The molecule has 8 heteroatoms. The smallest absolute Gasteiger partial charge is 0.410 e. The van der Waals surface area contributed by atoms with Gasteiger partial charge in [-0.2, -0.15) is 0 Å². The largest absolute Gasteiger partial charge is 0.496 e. The summed E-state index contributed by atoms with van der Waals surface area (Å²) in [4.78, 5) is 28.7. The van der Waals surface area contributed by atoms with E-state index in [1.807, 2.05) is 33.8 Å². The zero-order valence-electron chi connectivity index (χ0n) is 21.3. The Morgan fingerprint density at radius 2 is 1.67 bits per heavy atom. The van der Waals surface area contributed by atoms with Crippen molar-refractivity contribution in [1.29, 1.82) is 0 Å². The lowest BCUT2D eigenvalue weighted by Crippen LogP contribution is -2.51. The van der Waals surface area contributed by atoms with Crippen molar-refractivity contribution in [3.63, 3.8) is 0 Å². The maximum absolute atomic E-state index is 13.4. The summed E-state index contributed by atoms with van der Waals surface area (Å²) in [6, 6.07) is 9.93. The van der Waals surface area contributed by atoms with Gasteiger partial charge in [-0.15, -0.1) is 0 Å². The van der Waals surface area contributed by atoms with Crippen LogP contribution in [0.15, 0.2) is 53.2 Å². The normalized spacial score (nSPS) is 14.8. The summed E-state index contributed by atoms with van der Waals surface area (Å²) < 4.78 is 30.1. The highest BCUT2D eigenvalue weighted by atomic mass is 19.1. The van der Waals surface area contributed by atoms with E-state index in [1.54, 1.807) is 47.4 Å². The number of hydrogen-bond acceptors (Lipinski definition) is 5. The number of amides is 2. The topological polar surface area (TPSA) is 72.2 Å². The van der Waals surface area contributed by atoms with Gasteiger partial charge in [0.05, 0.1) is 13.4 Å². The highest BCUT2D eigenvalue weighted by Gasteiger charge is 2.27. The molecule has 1 aliphatic rings. The second-order valence-electron chi connectivity index (χ2n) is 9.82. The molecule has 1 aliphatic heterocycles. The van der Waals surface area contributed by atoms with E-state index in [-0.39, 0.29) is 17.8 Å². The second kappa shape index (κ2) is 10.0. The van der Waals surface area contributed by atoms with Crippen molar-refractivity contribution in [1.82, 2.24) is 9.80 Å². The number of piperazine rings is 1. The van der Waals surface area contributed by atoms with Gasteiger partial charge in [0.25, 0.3) is 0 Å².